The average Bonchev–Trinajstić information content (AvgIpc) is 2.77. The molecule has 0 unspecified atom stereocenters. The summed E-state index contributed by atoms with van der Waals surface area (Å²) in [5, 5.41) is 4.98. The van der Waals surface area contributed by atoms with Crippen molar-refractivity contribution in [2.24, 2.45) is 0 Å². The molecule has 0 bridgehead atoms. The Balaban J connectivity index is 2.32. The monoisotopic (exact) mass is 298 g/mol. The fourth-order valence-electron chi connectivity index (χ4n) is 1.67. The van der Waals surface area contributed by atoms with Crippen molar-refractivity contribution in [2.45, 2.75) is 6.54 Å². The minimum atomic E-state index is -0.185. The van der Waals surface area contributed by atoms with Crippen molar-refractivity contribution >= 4 is 29.0 Å². The summed E-state index contributed by atoms with van der Waals surface area (Å²) in [6, 6.07) is 6.65. The lowest BCUT2D eigenvalue weighted by Gasteiger charge is -2.07. The molecule has 6 heteroatoms. The van der Waals surface area contributed by atoms with E-state index < -0.39 is 0 Å². The predicted octanol–water partition coefficient (Wildman–Crippen LogP) is 3.07. The molecule has 0 aliphatic carbocycles. The number of ether oxygens (including phenoxy) is 1. The standard InChI is InChI=1S/C13H12Cl2N2O2/c1-19-7-6-17-12(11(15)8-16-17)13(18)9-2-4-10(14)5-3-9/h2-5,8H,6-7H2,1H3. The summed E-state index contributed by atoms with van der Waals surface area (Å²) in [5.74, 6) is -0.185. The molecule has 0 N–H and O–H groups in total. The second-order valence-corrected chi connectivity index (χ2v) is 4.74. The van der Waals surface area contributed by atoms with Crippen molar-refractivity contribution in [3.8, 4) is 0 Å². The summed E-state index contributed by atoms with van der Waals surface area (Å²) >= 11 is 11.8. The normalized spacial score (nSPS) is 10.7. The number of hydrogen-bond donors (Lipinski definition) is 0. The molecule has 0 saturated heterocycles. The molecule has 1 heterocycles. The van der Waals surface area contributed by atoms with E-state index in [2.05, 4.69) is 5.10 Å². The Morgan fingerprint density at radius 1 is 1.32 bits per heavy atom. The lowest BCUT2D eigenvalue weighted by Crippen LogP contribution is -2.14. The summed E-state index contributed by atoms with van der Waals surface area (Å²) in [6.45, 7) is 0.927. The molecule has 1 aromatic carbocycles. The minimum Gasteiger partial charge on any atom is -0.383 e. The fraction of sp³-hybridized carbons (Fsp3) is 0.231. The average molecular weight is 299 g/mol. The number of aromatic nitrogens is 2. The first-order valence-corrected chi connectivity index (χ1v) is 6.39. The quantitative estimate of drug-likeness (QED) is 0.797. The molecular formula is C13H12Cl2N2O2. The first kappa shape index (κ1) is 14.1. The van der Waals surface area contributed by atoms with Gasteiger partial charge in [0.15, 0.2) is 0 Å². The predicted molar refractivity (Wildman–Crippen MR) is 74.0 cm³/mol. The number of benzene rings is 1. The van der Waals surface area contributed by atoms with Crippen LogP contribution in [0.1, 0.15) is 16.1 Å². The molecule has 0 aliphatic heterocycles. The zero-order valence-electron chi connectivity index (χ0n) is 10.3. The van der Waals surface area contributed by atoms with Gasteiger partial charge in [0.05, 0.1) is 24.4 Å². The molecule has 1 aromatic heterocycles. The number of carbonyl (C=O) groups excluding carboxylic acids is 1. The first-order valence-electron chi connectivity index (χ1n) is 5.64. The van der Waals surface area contributed by atoms with E-state index in [1.165, 1.54) is 6.20 Å². The van der Waals surface area contributed by atoms with Gasteiger partial charge in [0.1, 0.15) is 5.69 Å². The molecule has 0 amide bonds. The Labute approximate surface area is 120 Å². The van der Waals surface area contributed by atoms with Crippen molar-refractivity contribution in [2.75, 3.05) is 13.7 Å². The molecule has 4 nitrogen and oxygen atoms in total. The molecule has 2 rings (SSSR count). The first-order chi connectivity index (χ1) is 9.13. The smallest absolute Gasteiger partial charge is 0.212 e. The maximum absolute atomic E-state index is 12.4. The number of rotatable bonds is 5. The molecule has 0 atom stereocenters. The van der Waals surface area contributed by atoms with Gasteiger partial charge in [0, 0.05) is 17.7 Å². The van der Waals surface area contributed by atoms with Gasteiger partial charge in [0.2, 0.25) is 5.78 Å². The maximum Gasteiger partial charge on any atom is 0.212 e. The Morgan fingerprint density at radius 3 is 2.63 bits per heavy atom. The highest BCUT2D eigenvalue weighted by atomic mass is 35.5. The second kappa shape index (κ2) is 6.19. The van der Waals surface area contributed by atoms with E-state index in [9.17, 15) is 4.79 Å². The zero-order chi connectivity index (χ0) is 13.8. The van der Waals surface area contributed by atoms with Gasteiger partial charge >= 0.3 is 0 Å². The summed E-state index contributed by atoms with van der Waals surface area (Å²) in [7, 11) is 1.59. The van der Waals surface area contributed by atoms with Crippen LogP contribution in [0.25, 0.3) is 0 Å². The third kappa shape index (κ3) is 3.15. The third-order valence-electron chi connectivity index (χ3n) is 2.62. The summed E-state index contributed by atoms with van der Waals surface area (Å²) in [6.07, 6.45) is 1.46. The zero-order valence-corrected chi connectivity index (χ0v) is 11.8. The molecule has 0 aliphatic rings. The summed E-state index contributed by atoms with van der Waals surface area (Å²) in [4.78, 5) is 12.4. The number of hydrogen-bond acceptors (Lipinski definition) is 3. The summed E-state index contributed by atoms with van der Waals surface area (Å²) < 4.78 is 6.52. The Hall–Kier alpha value is -1.36. The maximum atomic E-state index is 12.4. The van der Waals surface area contributed by atoms with Gasteiger partial charge in [-0.3, -0.25) is 9.48 Å². The highest BCUT2D eigenvalue weighted by Gasteiger charge is 2.18. The van der Waals surface area contributed by atoms with Crippen molar-refractivity contribution < 1.29 is 9.53 Å². The van der Waals surface area contributed by atoms with Crippen molar-refractivity contribution in [3.05, 3.63) is 51.8 Å². The number of ketones is 1. The number of halogens is 2. The van der Waals surface area contributed by atoms with E-state index in [0.717, 1.165) is 0 Å². The minimum absolute atomic E-state index is 0.185. The number of carbonyl (C=O) groups is 1. The van der Waals surface area contributed by atoms with Crippen LogP contribution in [0.2, 0.25) is 10.0 Å². The highest BCUT2D eigenvalue weighted by molar-refractivity contribution is 6.34. The van der Waals surface area contributed by atoms with E-state index in [-0.39, 0.29) is 5.78 Å². The van der Waals surface area contributed by atoms with Gasteiger partial charge in [-0.25, -0.2) is 0 Å². The van der Waals surface area contributed by atoms with Crippen LogP contribution in [0.3, 0.4) is 0 Å². The van der Waals surface area contributed by atoms with E-state index in [0.29, 0.717) is 34.5 Å². The van der Waals surface area contributed by atoms with Gasteiger partial charge in [-0.1, -0.05) is 23.2 Å². The number of nitrogens with zero attached hydrogens (tertiary/aromatic N) is 2. The Bertz CT molecular complexity index is 579. The lowest BCUT2D eigenvalue weighted by molar-refractivity contribution is 0.102. The molecule has 2 aromatic rings. The van der Waals surface area contributed by atoms with Gasteiger partial charge in [0.25, 0.3) is 0 Å². The highest BCUT2D eigenvalue weighted by Crippen LogP contribution is 2.20. The molecule has 0 radical (unpaired) electrons. The number of methoxy groups -OCH3 is 1. The third-order valence-corrected chi connectivity index (χ3v) is 3.15. The van der Waals surface area contributed by atoms with Gasteiger partial charge in [-0.15, -0.1) is 0 Å². The SMILES string of the molecule is COCCn1ncc(Cl)c1C(=O)c1ccc(Cl)cc1. The van der Waals surface area contributed by atoms with Crippen molar-refractivity contribution in [1.82, 2.24) is 9.78 Å². The van der Waals surface area contributed by atoms with Gasteiger partial charge < -0.3 is 4.74 Å². The van der Waals surface area contributed by atoms with E-state index >= 15 is 0 Å². The van der Waals surface area contributed by atoms with Gasteiger partial charge in [-0.2, -0.15) is 5.10 Å². The molecule has 0 saturated carbocycles. The van der Waals surface area contributed by atoms with Crippen LogP contribution in [-0.2, 0) is 11.3 Å². The van der Waals surface area contributed by atoms with E-state index in [4.69, 9.17) is 27.9 Å². The van der Waals surface area contributed by atoms with E-state index in [1.807, 2.05) is 0 Å². The van der Waals surface area contributed by atoms with Crippen LogP contribution >= 0.6 is 23.2 Å². The molecular weight excluding hydrogens is 287 g/mol. The Morgan fingerprint density at radius 2 is 2.00 bits per heavy atom. The molecule has 19 heavy (non-hydrogen) atoms. The van der Waals surface area contributed by atoms with Crippen LogP contribution in [0.5, 0.6) is 0 Å². The lowest BCUT2D eigenvalue weighted by atomic mass is 10.1. The van der Waals surface area contributed by atoms with Crippen LogP contribution in [0, 0.1) is 0 Å². The van der Waals surface area contributed by atoms with Crippen LogP contribution in [-0.4, -0.2) is 29.3 Å². The van der Waals surface area contributed by atoms with Crippen LogP contribution < -0.4 is 0 Å². The topological polar surface area (TPSA) is 44.1 Å². The molecule has 0 fully saturated rings. The van der Waals surface area contributed by atoms with Gasteiger partial charge in [-0.05, 0) is 24.3 Å². The molecule has 0 spiro atoms. The summed E-state index contributed by atoms with van der Waals surface area (Å²) in [5.41, 5.74) is 0.881. The molecule has 100 valence electrons. The largest absolute Gasteiger partial charge is 0.383 e. The second-order valence-electron chi connectivity index (χ2n) is 3.89. The van der Waals surface area contributed by atoms with Crippen molar-refractivity contribution in [3.63, 3.8) is 0 Å². The van der Waals surface area contributed by atoms with E-state index in [1.54, 1.807) is 36.1 Å². The van der Waals surface area contributed by atoms with Crippen LogP contribution in [0.15, 0.2) is 30.5 Å². The van der Waals surface area contributed by atoms with Crippen LogP contribution in [0.4, 0.5) is 0 Å². The Kier molecular flexibility index (Phi) is 4.58. The van der Waals surface area contributed by atoms with Crippen molar-refractivity contribution in [1.29, 1.82) is 0 Å². The fourth-order valence-corrected chi connectivity index (χ4v) is 2.03.